The van der Waals surface area contributed by atoms with Crippen LogP contribution in [0.3, 0.4) is 0 Å². The fourth-order valence-electron chi connectivity index (χ4n) is 4.84. The first kappa shape index (κ1) is 21.5. The Morgan fingerprint density at radius 1 is 1.06 bits per heavy atom. The molecule has 3 saturated heterocycles. The smallest absolute Gasteiger partial charge is 0.264 e. The maximum atomic E-state index is 13.2. The van der Waals surface area contributed by atoms with E-state index in [9.17, 15) is 14.4 Å². The number of aromatic nitrogens is 2. The Morgan fingerprint density at radius 2 is 1.75 bits per heavy atom. The van der Waals surface area contributed by atoms with Crippen LogP contribution in [0.4, 0.5) is 0 Å². The van der Waals surface area contributed by atoms with E-state index in [1.165, 1.54) is 22.2 Å². The monoisotopic (exact) mass is 460 g/mol. The molecule has 5 heterocycles. The first-order valence-electron chi connectivity index (χ1n) is 11.3. The summed E-state index contributed by atoms with van der Waals surface area (Å²) in [6.45, 7) is 5.56. The molecule has 0 aromatic carbocycles. The second-order valence-corrected chi connectivity index (χ2v) is 9.75. The minimum absolute atomic E-state index is 0.0193. The van der Waals surface area contributed by atoms with Crippen molar-refractivity contribution < 1.29 is 19.1 Å². The average Bonchev–Trinajstić information content (AvgIpc) is 3.41. The molecule has 0 aliphatic carbocycles. The first-order valence-corrected chi connectivity index (χ1v) is 12.1. The highest BCUT2D eigenvalue weighted by Crippen LogP contribution is 2.34. The van der Waals surface area contributed by atoms with Crippen molar-refractivity contribution in [3.63, 3.8) is 0 Å². The first-order chi connectivity index (χ1) is 15.5. The van der Waals surface area contributed by atoms with Gasteiger partial charge in [-0.3, -0.25) is 19.0 Å². The minimum Gasteiger partial charge on any atom is -0.347 e. The number of likely N-dealkylation sites (tertiary alicyclic amines) is 2. The molecular weight excluding hydrogens is 432 g/mol. The highest BCUT2D eigenvalue weighted by molar-refractivity contribution is 7.20. The normalized spacial score (nSPS) is 20.9. The Kier molecular flexibility index (Phi) is 5.77. The number of amides is 2. The maximum Gasteiger partial charge on any atom is 0.264 e. The van der Waals surface area contributed by atoms with Gasteiger partial charge in [0.2, 0.25) is 5.91 Å². The van der Waals surface area contributed by atoms with E-state index in [1.54, 1.807) is 11.8 Å². The molecule has 1 spiro atoms. The number of fused-ring (bicyclic) bond motifs is 1. The molecule has 5 rings (SSSR count). The summed E-state index contributed by atoms with van der Waals surface area (Å²) in [7, 11) is 0. The van der Waals surface area contributed by atoms with Gasteiger partial charge in [-0.1, -0.05) is 0 Å². The Hall–Kier alpha value is -2.30. The van der Waals surface area contributed by atoms with Gasteiger partial charge < -0.3 is 19.3 Å². The third kappa shape index (κ3) is 3.84. The number of piperidine rings is 2. The van der Waals surface area contributed by atoms with Crippen LogP contribution in [0.25, 0.3) is 10.2 Å². The maximum absolute atomic E-state index is 13.2. The number of ether oxygens (including phenoxy) is 2. The number of rotatable bonds is 3. The summed E-state index contributed by atoms with van der Waals surface area (Å²) in [6.07, 6.45) is 5.86. The molecule has 0 bridgehead atoms. The molecule has 0 unspecified atom stereocenters. The minimum atomic E-state index is -0.540. The number of thiophene rings is 1. The van der Waals surface area contributed by atoms with Crippen LogP contribution in [0.1, 0.15) is 47.3 Å². The highest BCUT2D eigenvalue weighted by atomic mass is 32.1. The van der Waals surface area contributed by atoms with Crippen molar-refractivity contribution in [1.29, 1.82) is 0 Å². The van der Waals surface area contributed by atoms with Gasteiger partial charge in [-0.25, -0.2) is 4.98 Å². The molecule has 3 fully saturated rings. The number of nitrogens with zero attached hydrogens (tertiary/aromatic N) is 4. The zero-order valence-corrected chi connectivity index (χ0v) is 19.1. The van der Waals surface area contributed by atoms with Crippen molar-refractivity contribution in [2.45, 2.75) is 51.4 Å². The van der Waals surface area contributed by atoms with Gasteiger partial charge in [0.05, 0.1) is 29.8 Å². The molecule has 0 radical (unpaired) electrons. The van der Waals surface area contributed by atoms with Gasteiger partial charge in [0, 0.05) is 39.0 Å². The van der Waals surface area contributed by atoms with Crippen LogP contribution in [0, 0.1) is 6.92 Å². The summed E-state index contributed by atoms with van der Waals surface area (Å²) in [5, 5.41) is 0.434. The Morgan fingerprint density at radius 3 is 2.44 bits per heavy atom. The molecule has 0 N–H and O–H groups in total. The van der Waals surface area contributed by atoms with Crippen molar-refractivity contribution in [2.24, 2.45) is 0 Å². The summed E-state index contributed by atoms with van der Waals surface area (Å²) < 4.78 is 12.9. The van der Waals surface area contributed by atoms with E-state index >= 15 is 0 Å². The van der Waals surface area contributed by atoms with E-state index in [4.69, 9.17) is 9.47 Å². The Labute approximate surface area is 189 Å². The van der Waals surface area contributed by atoms with Gasteiger partial charge in [0.15, 0.2) is 5.79 Å². The summed E-state index contributed by atoms with van der Waals surface area (Å²) in [5.74, 6) is -0.688. The summed E-state index contributed by atoms with van der Waals surface area (Å²) in [4.78, 5) is 48.1. The van der Waals surface area contributed by atoms with Crippen LogP contribution in [-0.4, -0.2) is 76.3 Å². The van der Waals surface area contributed by atoms with E-state index < -0.39 is 5.79 Å². The quantitative estimate of drug-likeness (QED) is 0.693. The summed E-state index contributed by atoms with van der Waals surface area (Å²) in [6, 6.07) is 0. The molecule has 0 saturated carbocycles. The number of hydrogen-bond donors (Lipinski definition) is 0. The third-order valence-electron chi connectivity index (χ3n) is 6.75. The number of carbonyl (C=O) groups excluding carboxylic acids is 2. The molecule has 172 valence electrons. The number of aryl methyl sites for hydroxylation is 1. The van der Waals surface area contributed by atoms with Crippen molar-refractivity contribution in [1.82, 2.24) is 19.4 Å². The molecule has 10 heteroatoms. The van der Waals surface area contributed by atoms with E-state index in [-0.39, 0.29) is 23.9 Å². The topological polar surface area (TPSA) is 94.0 Å². The molecular formula is C22H28N4O5S. The zero-order chi connectivity index (χ0) is 22.3. The average molecular weight is 461 g/mol. The van der Waals surface area contributed by atoms with Crippen molar-refractivity contribution in [3.8, 4) is 0 Å². The predicted octanol–water partition coefficient (Wildman–Crippen LogP) is 1.76. The van der Waals surface area contributed by atoms with E-state index in [0.29, 0.717) is 59.8 Å². The van der Waals surface area contributed by atoms with E-state index in [1.807, 2.05) is 4.90 Å². The van der Waals surface area contributed by atoms with Crippen LogP contribution in [0.5, 0.6) is 0 Å². The van der Waals surface area contributed by atoms with Crippen molar-refractivity contribution in [3.05, 3.63) is 27.1 Å². The van der Waals surface area contributed by atoms with Crippen LogP contribution in [0.15, 0.2) is 11.1 Å². The van der Waals surface area contributed by atoms with Crippen LogP contribution < -0.4 is 5.56 Å². The summed E-state index contributed by atoms with van der Waals surface area (Å²) >= 11 is 1.25. The largest absolute Gasteiger partial charge is 0.347 e. The van der Waals surface area contributed by atoms with Gasteiger partial charge in [0.1, 0.15) is 11.4 Å². The van der Waals surface area contributed by atoms with Crippen LogP contribution in [-0.2, 0) is 20.8 Å². The lowest BCUT2D eigenvalue weighted by Gasteiger charge is -2.37. The fraction of sp³-hybridized carbons (Fsp3) is 0.636. The fourth-order valence-corrected chi connectivity index (χ4v) is 5.95. The zero-order valence-electron chi connectivity index (χ0n) is 18.3. The van der Waals surface area contributed by atoms with Gasteiger partial charge >= 0.3 is 0 Å². The Bertz CT molecular complexity index is 1090. The van der Waals surface area contributed by atoms with Crippen LogP contribution in [0.2, 0.25) is 0 Å². The molecule has 3 aliphatic heterocycles. The van der Waals surface area contributed by atoms with Gasteiger partial charge in [-0.2, -0.15) is 0 Å². The lowest BCUT2D eigenvalue weighted by molar-refractivity contribution is -0.181. The highest BCUT2D eigenvalue weighted by Gasteiger charge is 2.41. The number of carbonyl (C=O) groups is 2. The molecule has 32 heavy (non-hydrogen) atoms. The molecule has 3 aliphatic rings. The lowest BCUT2D eigenvalue weighted by atomic mass is 10.0. The second kappa shape index (κ2) is 8.57. The van der Waals surface area contributed by atoms with E-state index in [2.05, 4.69) is 4.98 Å². The van der Waals surface area contributed by atoms with E-state index in [0.717, 1.165) is 32.4 Å². The van der Waals surface area contributed by atoms with Gasteiger partial charge in [-0.15, -0.1) is 11.3 Å². The van der Waals surface area contributed by atoms with Gasteiger partial charge in [-0.05, 0) is 31.7 Å². The molecule has 2 aromatic rings. The van der Waals surface area contributed by atoms with Crippen molar-refractivity contribution >= 4 is 33.4 Å². The lowest BCUT2D eigenvalue weighted by Crippen LogP contribution is -2.47. The van der Waals surface area contributed by atoms with Crippen molar-refractivity contribution in [2.75, 3.05) is 39.4 Å². The summed E-state index contributed by atoms with van der Waals surface area (Å²) in [5.41, 5.74) is 0.374. The standard InChI is InChI=1S/C22H28N4O5S/c1-15-17-19(23-14-26(20(17)28)13-16(27)24-7-3-2-4-8-24)32-18(15)21(29)25-9-5-22(6-10-25)30-11-12-31-22/h14H,2-13H2,1H3. The van der Waals surface area contributed by atoms with Crippen LogP contribution >= 0.6 is 11.3 Å². The van der Waals surface area contributed by atoms with Gasteiger partial charge in [0.25, 0.3) is 11.5 Å². The molecule has 9 nitrogen and oxygen atoms in total. The second-order valence-electron chi connectivity index (χ2n) is 8.76. The molecule has 2 amide bonds. The molecule has 0 atom stereocenters. The SMILES string of the molecule is Cc1c(C(=O)N2CCC3(CC2)OCCO3)sc2ncn(CC(=O)N3CCCCC3)c(=O)c12. The third-order valence-corrected chi connectivity index (χ3v) is 7.94. The molecule has 2 aromatic heterocycles. The Balaban J connectivity index is 1.35. The number of hydrogen-bond acceptors (Lipinski definition) is 7. The predicted molar refractivity (Wildman–Crippen MR) is 119 cm³/mol.